The number of fused-ring (bicyclic) bond motifs is 1. The first kappa shape index (κ1) is 26.2. The third-order valence-electron chi connectivity index (χ3n) is 7.00. The van der Waals surface area contributed by atoms with E-state index in [2.05, 4.69) is 16.0 Å². The molecular weight excluding hydrogens is 483 g/mol. The van der Waals surface area contributed by atoms with Gasteiger partial charge in [-0.3, -0.25) is 4.98 Å². The van der Waals surface area contributed by atoms with E-state index in [4.69, 9.17) is 16.3 Å². The number of likely N-dealkylation sites (tertiary alicyclic amines) is 1. The second-order valence-corrected chi connectivity index (χ2v) is 10.9. The zero-order valence-corrected chi connectivity index (χ0v) is 21.8. The minimum Gasteiger partial charge on any atom is -0.497 e. The molecule has 2 heterocycles. The summed E-state index contributed by atoms with van der Waals surface area (Å²) in [4.78, 5) is 8.02. The zero-order chi connectivity index (χ0) is 24.6. The van der Waals surface area contributed by atoms with Crippen LogP contribution < -0.4 is 4.74 Å². The summed E-state index contributed by atoms with van der Waals surface area (Å²) in [5, 5.41) is 11.6. The molecule has 0 saturated carbocycles. The van der Waals surface area contributed by atoms with Gasteiger partial charge >= 0.3 is 0 Å². The van der Waals surface area contributed by atoms with Crippen molar-refractivity contribution in [3.63, 3.8) is 0 Å². The van der Waals surface area contributed by atoms with E-state index in [1.807, 2.05) is 48.2 Å². The van der Waals surface area contributed by atoms with Crippen molar-refractivity contribution < 1.29 is 14.2 Å². The van der Waals surface area contributed by atoms with E-state index in [1.165, 1.54) is 4.90 Å². The number of piperidine rings is 1. The van der Waals surface area contributed by atoms with Gasteiger partial charge in [-0.05, 0) is 104 Å². The molecule has 4 nitrogen and oxygen atoms in total. The lowest BCUT2D eigenvalue weighted by molar-refractivity contribution is 0.0640. The number of aliphatic hydroxyl groups excluding tert-OH is 1. The van der Waals surface area contributed by atoms with E-state index in [0.29, 0.717) is 23.7 Å². The highest BCUT2D eigenvalue weighted by Crippen LogP contribution is 2.35. The Bertz CT molecular complexity index is 1100. The third-order valence-corrected chi connectivity index (χ3v) is 8.32. The maximum atomic E-state index is 15.4. The highest BCUT2D eigenvalue weighted by Gasteiger charge is 2.29. The van der Waals surface area contributed by atoms with E-state index >= 15 is 4.39 Å². The topological polar surface area (TPSA) is 45.6 Å². The lowest BCUT2D eigenvalue weighted by Crippen LogP contribution is -2.42. The molecule has 1 aliphatic heterocycles. The normalized spacial score (nSPS) is 19.7. The molecule has 0 aliphatic carbocycles. The van der Waals surface area contributed by atoms with Gasteiger partial charge in [0, 0.05) is 34.7 Å². The Morgan fingerprint density at radius 2 is 2.11 bits per heavy atom. The minimum absolute atomic E-state index is 0.158. The summed E-state index contributed by atoms with van der Waals surface area (Å²) in [6.45, 7) is 3.07. The van der Waals surface area contributed by atoms with Crippen molar-refractivity contribution in [3.8, 4) is 5.75 Å². The molecule has 7 heteroatoms. The van der Waals surface area contributed by atoms with E-state index in [-0.39, 0.29) is 12.5 Å². The van der Waals surface area contributed by atoms with Crippen LogP contribution in [0.4, 0.5) is 4.39 Å². The number of halogens is 2. The Morgan fingerprint density at radius 1 is 1.23 bits per heavy atom. The number of methoxy groups -OCH3 is 1. The number of alkyl halides is 1. The minimum atomic E-state index is -1.06. The first-order chi connectivity index (χ1) is 17.1. The summed E-state index contributed by atoms with van der Waals surface area (Å²) >= 11 is 7.89. The predicted molar refractivity (Wildman–Crippen MR) is 143 cm³/mol. The Labute approximate surface area is 216 Å². The van der Waals surface area contributed by atoms with Gasteiger partial charge in [-0.1, -0.05) is 17.7 Å². The van der Waals surface area contributed by atoms with Crippen LogP contribution in [0.25, 0.3) is 10.9 Å². The number of benzene rings is 2. The number of ether oxygens (including phenoxy) is 1. The van der Waals surface area contributed by atoms with Crippen LogP contribution in [-0.4, -0.2) is 54.1 Å². The Morgan fingerprint density at radius 3 is 2.91 bits per heavy atom. The largest absolute Gasteiger partial charge is 0.497 e. The van der Waals surface area contributed by atoms with Crippen LogP contribution in [0.15, 0.2) is 59.6 Å². The molecule has 1 aromatic heterocycles. The van der Waals surface area contributed by atoms with Gasteiger partial charge in [-0.25, -0.2) is 4.39 Å². The van der Waals surface area contributed by atoms with Crippen molar-refractivity contribution in [1.29, 1.82) is 0 Å². The molecule has 4 rings (SSSR count). The summed E-state index contributed by atoms with van der Waals surface area (Å²) in [5.74, 6) is 2.29. The number of thioether (sulfide) groups is 1. The Hall–Kier alpha value is -1.86. The van der Waals surface area contributed by atoms with Gasteiger partial charge in [-0.15, -0.1) is 11.8 Å². The van der Waals surface area contributed by atoms with Crippen molar-refractivity contribution in [2.45, 2.75) is 36.8 Å². The van der Waals surface area contributed by atoms with Crippen LogP contribution in [-0.2, 0) is 0 Å². The zero-order valence-electron chi connectivity index (χ0n) is 20.2. The molecule has 2 aromatic carbocycles. The van der Waals surface area contributed by atoms with Crippen LogP contribution in [0.2, 0.25) is 5.02 Å². The highest BCUT2D eigenvalue weighted by atomic mass is 35.5. The average molecular weight is 517 g/mol. The molecule has 188 valence electrons. The SMILES string of the molecule is COc1ccc2nccc([C@@H](F)CC[C@@H]3CCN(CCCSc4cccc(Cl)c4)C[C@@H]3CO)c2c1. The van der Waals surface area contributed by atoms with E-state index in [0.717, 1.165) is 60.6 Å². The molecule has 3 aromatic rings. The highest BCUT2D eigenvalue weighted by molar-refractivity contribution is 7.99. The van der Waals surface area contributed by atoms with E-state index in [1.54, 1.807) is 19.4 Å². The molecule has 1 aliphatic rings. The van der Waals surface area contributed by atoms with E-state index < -0.39 is 6.17 Å². The molecule has 35 heavy (non-hydrogen) atoms. The smallest absolute Gasteiger partial charge is 0.126 e. The fraction of sp³-hybridized carbons (Fsp3) is 0.464. The number of aromatic nitrogens is 1. The Balaban J connectivity index is 1.26. The monoisotopic (exact) mass is 516 g/mol. The second kappa shape index (κ2) is 12.9. The average Bonchev–Trinajstić information content (AvgIpc) is 2.89. The third kappa shape index (κ3) is 7.10. The summed E-state index contributed by atoms with van der Waals surface area (Å²) in [6, 6.07) is 15.3. The quantitative estimate of drug-likeness (QED) is 0.224. The van der Waals surface area contributed by atoms with Crippen molar-refractivity contribution in [1.82, 2.24) is 9.88 Å². The van der Waals surface area contributed by atoms with E-state index in [9.17, 15) is 5.11 Å². The molecule has 0 spiro atoms. The molecule has 0 bridgehead atoms. The van der Waals surface area contributed by atoms with Crippen LogP contribution >= 0.6 is 23.4 Å². The van der Waals surface area contributed by atoms with Crippen molar-refractivity contribution in [2.75, 3.05) is 39.1 Å². The van der Waals surface area contributed by atoms with Crippen LogP contribution in [0.5, 0.6) is 5.75 Å². The standard InChI is InChI=1S/C28H34ClFN2O2S/c1-34-23-7-9-28-26(17-23)25(10-12-31-28)27(30)8-6-20-11-14-32(18-21(20)19-33)13-3-15-35-24-5-2-4-22(29)16-24/h2,4-5,7,9-10,12,16-17,20-21,27,33H,3,6,8,11,13-15,18-19H2,1H3/t20-,21-,27+/m1/s1. The number of aliphatic hydroxyl groups is 1. The fourth-order valence-corrected chi connectivity index (χ4v) is 6.19. The van der Waals surface area contributed by atoms with Crippen LogP contribution in [0.3, 0.4) is 0 Å². The van der Waals surface area contributed by atoms with Gasteiger partial charge in [0.25, 0.3) is 0 Å². The lowest BCUT2D eigenvalue weighted by Gasteiger charge is -2.38. The number of rotatable bonds is 11. The summed E-state index contributed by atoms with van der Waals surface area (Å²) in [6.07, 6.45) is 3.94. The lowest BCUT2D eigenvalue weighted by atomic mass is 9.81. The van der Waals surface area contributed by atoms with Gasteiger partial charge in [-0.2, -0.15) is 0 Å². The maximum Gasteiger partial charge on any atom is 0.126 e. The molecule has 0 amide bonds. The molecule has 0 radical (unpaired) electrons. The fourth-order valence-electron chi connectivity index (χ4n) is 5.04. The molecule has 0 unspecified atom stereocenters. The number of nitrogens with zero attached hydrogens (tertiary/aromatic N) is 2. The van der Waals surface area contributed by atoms with Gasteiger partial charge < -0.3 is 14.7 Å². The molecule has 1 saturated heterocycles. The molecule has 3 atom stereocenters. The maximum absolute atomic E-state index is 15.4. The second-order valence-electron chi connectivity index (χ2n) is 9.28. The van der Waals surface area contributed by atoms with Gasteiger partial charge in [0.05, 0.1) is 12.6 Å². The van der Waals surface area contributed by atoms with Crippen molar-refractivity contribution in [2.24, 2.45) is 11.8 Å². The van der Waals surface area contributed by atoms with Gasteiger partial charge in [0.1, 0.15) is 11.9 Å². The Kier molecular flexibility index (Phi) is 9.67. The van der Waals surface area contributed by atoms with Gasteiger partial charge in [0.2, 0.25) is 0 Å². The van der Waals surface area contributed by atoms with Crippen LogP contribution in [0, 0.1) is 11.8 Å². The number of hydrogen-bond donors (Lipinski definition) is 1. The van der Waals surface area contributed by atoms with Crippen LogP contribution in [0.1, 0.15) is 37.4 Å². The first-order valence-electron chi connectivity index (χ1n) is 12.4. The van der Waals surface area contributed by atoms with Crippen molar-refractivity contribution >= 4 is 34.3 Å². The summed E-state index contributed by atoms with van der Waals surface area (Å²) in [5.41, 5.74) is 1.45. The number of pyridine rings is 1. The van der Waals surface area contributed by atoms with Gasteiger partial charge in [0.15, 0.2) is 0 Å². The summed E-state index contributed by atoms with van der Waals surface area (Å²) < 4.78 is 20.7. The first-order valence-corrected chi connectivity index (χ1v) is 13.7. The number of hydrogen-bond acceptors (Lipinski definition) is 5. The summed E-state index contributed by atoms with van der Waals surface area (Å²) in [7, 11) is 1.61. The predicted octanol–water partition coefficient (Wildman–Crippen LogP) is 6.80. The molecular formula is C28H34ClFN2O2S. The van der Waals surface area contributed by atoms with Crippen molar-refractivity contribution in [3.05, 3.63) is 65.3 Å². The molecule has 1 N–H and O–H groups in total. The molecule has 1 fully saturated rings.